The zero-order valence-electron chi connectivity index (χ0n) is 10.0. The summed E-state index contributed by atoms with van der Waals surface area (Å²) < 4.78 is 0. The van der Waals surface area contributed by atoms with Gasteiger partial charge in [0.1, 0.15) is 11.6 Å². The molecule has 1 aromatic carbocycles. The Hall–Kier alpha value is -1.29. The average Bonchev–Trinajstić information content (AvgIpc) is 2.39. The molecule has 1 fully saturated rings. The van der Waals surface area contributed by atoms with E-state index in [1.54, 1.807) is 12.1 Å². The number of alkyl halides is 1. The Labute approximate surface area is 115 Å². The van der Waals surface area contributed by atoms with E-state index < -0.39 is 0 Å². The van der Waals surface area contributed by atoms with Gasteiger partial charge in [0.2, 0.25) is 0 Å². The molecule has 1 N–H and O–H groups in total. The maximum atomic E-state index is 9.64. The predicted octanol–water partition coefficient (Wildman–Crippen LogP) is 3.30. The summed E-state index contributed by atoms with van der Waals surface area (Å²) in [6.07, 6.45) is 4.11. The van der Waals surface area contributed by atoms with Gasteiger partial charge in [0.15, 0.2) is 0 Å². The van der Waals surface area contributed by atoms with Crippen molar-refractivity contribution in [2.75, 3.05) is 18.0 Å². The van der Waals surface area contributed by atoms with Crippen LogP contribution in [0.25, 0.3) is 10.8 Å². The van der Waals surface area contributed by atoms with Crippen molar-refractivity contribution in [2.24, 2.45) is 0 Å². The summed E-state index contributed by atoms with van der Waals surface area (Å²) in [4.78, 5) is 7.42. The topological polar surface area (TPSA) is 36.4 Å². The molecule has 0 bridgehead atoms. The molecule has 0 atom stereocenters. The van der Waals surface area contributed by atoms with Gasteiger partial charge < -0.3 is 10.0 Å². The molecule has 94 valence electrons. The van der Waals surface area contributed by atoms with Gasteiger partial charge in [-0.05, 0) is 36.4 Å². The molecule has 1 aliphatic heterocycles. The van der Waals surface area contributed by atoms with Crippen LogP contribution in [-0.4, -0.2) is 28.0 Å². The fourth-order valence-corrected chi connectivity index (χ4v) is 2.86. The number of aromatic nitrogens is 1. The van der Waals surface area contributed by atoms with Crippen LogP contribution in [-0.2, 0) is 0 Å². The van der Waals surface area contributed by atoms with Crippen LogP contribution < -0.4 is 4.90 Å². The van der Waals surface area contributed by atoms with Crippen molar-refractivity contribution in [3.05, 3.63) is 30.5 Å². The normalized spacial score (nSPS) is 17.3. The van der Waals surface area contributed by atoms with Gasteiger partial charge in [-0.15, -0.1) is 0 Å². The molecule has 1 aromatic heterocycles. The molecule has 4 heteroatoms. The Bertz CT molecular complexity index is 565. The van der Waals surface area contributed by atoms with E-state index in [1.807, 2.05) is 18.3 Å². The second-order valence-electron chi connectivity index (χ2n) is 4.70. The van der Waals surface area contributed by atoms with E-state index in [1.165, 1.54) is 0 Å². The lowest BCUT2D eigenvalue weighted by Crippen LogP contribution is -2.34. The summed E-state index contributed by atoms with van der Waals surface area (Å²) in [5.74, 6) is 1.29. The van der Waals surface area contributed by atoms with Crippen molar-refractivity contribution < 1.29 is 5.11 Å². The number of phenolic OH excluding ortho intramolecular Hbond substituents is 1. The third-order valence-electron chi connectivity index (χ3n) is 3.45. The molecular weight excluding hydrogens is 292 g/mol. The van der Waals surface area contributed by atoms with Crippen LogP contribution >= 0.6 is 15.9 Å². The maximum absolute atomic E-state index is 9.64. The molecule has 2 aromatic rings. The molecular formula is C14H15BrN2O. The second kappa shape index (κ2) is 4.76. The first-order chi connectivity index (χ1) is 8.74. The summed E-state index contributed by atoms with van der Waals surface area (Å²) >= 11 is 3.66. The number of phenols is 1. The van der Waals surface area contributed by atoms with Crippen LogP contribution in [0, 0.1) is 0 Å². The first-order valence-corrected chi connectivity index (χ1v) is 7.12. The van der Waals surface area contributed by atoms with Crippen LogP contribution in [0.15, 0.2) is 30.5 Å². The van der Waals surface area contributed by atoms with Crippen LogP contribution in [0.2, 0.25) is 0 Å². The first-order valence-electron chi connectivity index (χ1n) is 6.21. The standard InChI is InChI=1S/C14H15BrN2O/c15-11-4-7-17(8-5-11)14-13-9-12(18)2-1-10(13)3-6-16-14/h1-3,6,9,11,18H,4-5,7-8H2. The number of pyridine rings is 1. The quantitative estimate of drug-likeness (QED) is 0.821. The highest BCUT2D eigenvalue weighted by molar-refractivity contribution is 9.09. The fourth-order valence-electron chi connectivity index (χ4n) is 2.45. The lowest BCUT2D eigenvalue weighted by molar-refractivity contribution is 0.476. The number of piperidine rings is 1. The van der Waals surface area contributed by atoms with E-state index in [0.29, 0.717) is 10.6 Å². The number of fused-ring (bicyclic) bond motifs is 1. The molecule has 3 rings (SSSR count). The minimum atomic E-state index is 0.298. The van der Waals surface area contributed by atoms with Gasteiger partial charge in [-0.3, -0.25) is 0 Å². The smallest absolute Gasteiger partial charge is 0.136 e. The van der Waals surface area contributed by atoms with Crippen LogP contribution in [0.5, 0.6) is 5.75 Å². The van der Waals surface area contributed by atoms with Crippen molar-refractivity contribution in [3.8, 4) is 5.75 Å². The lowest BCUT2D eigenvalue weighted by Gasteiger charge is -2.31. The molecule has 0 aliphatic carbocycles. The van der Waals surface area contributed by atoms with Crippen LogP contribution in [0.3, 0.4) is 0 Å². The zero-order chi connectivity index (χ0) is 12.5. The predicted molar refractivity (Wildman–Crippen MR) is 77.6 cm³/mol. The van der Waals surface area contributed by atoms with Crippen LogP contribution in [0.1, 0.15) is 12.8 Å². The Kier molecular flexibility index (Phi) is 3.12. The number of halogens is 1. The summed E-state index contributed by atoms with van der Waals surface area (Å²) in [6.45, 7) is 2.02. The molecule has 0 saturated carbocycles. The molecule has 1 aliphatic rings. The highest BCUT2D eigenvalue weighted by atomic mass is 79.9. The molecule has 3 nitrogen and oxygen atoms in total. The highest BCUT2D eigenvalue weighted by Gasteiger charge is 2.19. The van der Waals surface area contributed by atoms with Crippen molar-refractivity contribution in [2.45, 2.75) is 17.7 Å². The van der Waals surface area contributed by atoms with Gasteiger partial charge in [0.25, 0.3) is 0 Å². The van der Waals surface area contributed by atoms with E-state index in [9.17, 15) is 5.11 Å². The number of nitrogens with zero attached hydrogens (tertiary/aromatic N) is 2. The largest absolute Gasteiger partial charge is 0.508 e. The lowest BCUT2D eigenvalue weighted by atomic mass is 10.1. The van der Waals surface area contributed by atoms with Crippen molar-refractivity contribution in [3.63, 3.8) is 0 Å². The summed E-state index contributed by atoms with van der Waals surface area (Å²) in [5.41, 5.74) is 0. The molecule has 0 radical (unpaired) electrons. The molecule has 0 amide bonds. The summed E-state index contributed by atoms with van der Waals surface area (Å²) in [5, 5.41) is 11.8. The van der Waals surface area contributed by atoms with Gasteiger partial charge in [-0.2, -0.15) is 0 Å². The maximum Gasteiger partial charge on any atom is 0.136 e. The minimum Gasteiger partial charge on any atom is -0.508 e. The van der Waals surface area contributed by atoms with Crippen molar-refractivity contribution in [1.29, 1.82) is 0 Å². The minimum absolute atomic E-state index is 0.298. The summed E-state index contributed by atoms with van der Waals surface area (Å²) in [6, 6.07) is 7.44. The fraction of sp³-hybridized carbons (Fsp3) is 0.357. The Morgan fingerprint density at radius 3 is 2.78 bits per heavy atom. The molecule has 0 unspecified atom stereocenters. The van der Waals surface area contributed by atoms with E-state index in [0.717, 1.165) is 42.5 Å². The van der Waals surface area contributed by atoms with Crippen molar-refractivity contribution >= 4 is 32.5 Å². The number of hydrogen-bond donors (Lipinski definition) is 1. The van der Waals surface area contributed by atoms with E-state index in [2.05, 4.69) is 25.8 Å². The monoisotopic (exact) mass is 306 g/mol. The number of rotatable bonds is 1. The van der Waals surface area contributed by atoms with Gasteiger partial charge in [0.05, 0.1) is 0 Å². The number of anilines is 1. The molecule has 2 heterocycles. The van der Waals surface area contributed by atoms with E-state index >= 15 is 0 Å². The number of benzene rings is 1. The zero-order valence-corrected chi connectivity index (χ0v) is 11.6. The Balaban J connectivity index is 2.03. The van der Waals surface area contributed by atoms with Crippen LogP contribution in [0.4, 0.5) is 5.82 Å². The SMILES string of the molecule is Oc1ccc2ccnc(N3CCC(Br)CC3)c2c1. The van der Waals surface area contributed by atoms with E-state index in [-0.39, 0.29) is 0 Å². The average molecular weight is 307 g/mol. The van der Waals surface area contributed by atoms with E-state index in [4.69, 9.17) is 0 Å². The third kappa shape index (κ3) is 2.17. The van der Waals surface area contributed by atoms with Gasteiger partial charge >= 0.3 is 0 Å². The van der Waals surface area contributed by atoms with Gasteiger partial charge in [0, 0.05) is 29.5 Å². The first kappa shape index (κ1) is 11.8. The number of aromatic hydroxyl groups is 1. The Morgan fingerprint density at radius 1 is 1.22 bits per heavy atom. The van der Waals surface area contributed by atoms with Crippen molar-refractivity contribution in [1.82, 2.24) is 4.98 Å². The molecule has 1 saturated heterocycles. The molecule has 18 heavy (non-hydrogen) atoms. The number of hydrogen-bond acceptors (Lipinski definition) is 3. The second-order valence-corrected chi connectivity index (χ2v) is 6.00. The van der Waals surface area contributed by atoms with Gasteiger partial charge in [-0.25, -0.2) is 4.98 Å². The highest BCUT2D eigenvalue weighted by Crippen LogP contribution is 2.30. The molecule has 0 spiro atoms. The summed E-state index contributed by atoms with van der Waals surface area (Å²) in [7, 11) is 0. The third-order valence-corrected chi connectivity index (χ3v) is 4.37. The van der Waals surface area contributed by atoms with Gasteiger partial charge in [-0.1, -0.05) is 22.0 Å². The Morgan fingerprint density at radius 2 is 2.00 bits per heavy atom.